The third-order valence-corrected chi connectivity index (χ3v) is 6.40. The summed E-state index contributed by atoms with van der Waals surface area (Å²) in [6.07, 6.45) is 16.2. The van der Waals surface area contributed by atoms with E-state index in [0.717, 1.165) is 32.1 Å². The van der Waals surface area contributed by atoms with Gasteiger partial charge in [-0.15, -0.1) is 0 Å². The minimum absolute atomic E-state index is 0.245. The Hall–Kier alpha value is -1.36. The van der Waals surface area contributed by atoms with Gasteiger partial charge < -0.3 is 14.8 Å². The van der Waals surface area contributed by atoms with Gasteiger partial charge in [-0.1, -0.05) is 19.3 Å². The fraction of sp³-hybridized carbons (Fsp3) is 0.810. The highest BCUT2D eigenvalue weighted by atomic mass is 16.1. The quantitative estimate of drug-likeness (QED) is 0.813. The van der Waals surface area contributed by atoms with Gasteiger partial charge in [-0.05, 0) is 51.0 Å². The number of hydrogen-bond donors (Lipinski definition) is 1. The van der Waals surface area contributed by atoms with E-state index in [1.165, 1.54) is 63.6 Å². The number of rotatable bonds is 7. The van der Waals surface area contributed by atoms with Crippen molar-refractivity contribution in [1.29, 1.82) is 0 Å². The van der Waals surface area contributed by atoms with Crippen LogP contribution in [0.1, 0.15) is 76.0 Å². The molecule has 2 saturated carbocycles. The molecule has 5 heteroatoms. The molecule has 1 aromatic rings. The van der Waals surface area contributed by atoms with Gasteiger partial charge >= 0.3 is 0 Å². The molecule has 1 amide bonds. The third kappa shape index (κ3) is 4.87. The number of nitrogens with zero attached hydrogens (tertiary/aromatic N) is 3. The highest BCUT2D eigenvalue weighted by Crippen LogP contribution is 2.33. The van der Waals surface area contributed by atoms with Crippen LogP contribution in [-0.4, -0.2) is 46.0 Å². The predicted molar refractivity (Wildman–Crippen MR) is 103 cm³/mol. The first-order valence-electron chi connectivity index (χ1n) is 10.8. The molecule has 3 aliphatic rings. The Labute approximate surface area is 157 Å². The smallest absolute Gasteiger partial charge is 0.221 e. The lowest BCUT2D eigenvalue weighted by molar-refractivity contribution is -0.122. The molecule has 1 saturated heterocycles. The summed E-state index contributed by atoms with van der Waals surface area (Å²) >= 11 is 0. The summed E-state index contributed by atoms with van der Waals surface area (Å²) in [6, 6.07) is 0.431. The molecule has 0 bridgehead atoms. The van der Waals surface area contributed by atoms with Crippen LogP contribution in [0.2, 0.25) is 0 Å². The highest BCUT2D eigenvalue weighted by Gasteiger charge is 2.28. The van der Waals surface area contributed by atoms with Crippen molar-refractivity contribution in [2.75, 3.05) is 19.6 Å². The van der Waals surface area contributed by atoms with Gasteiger partial charge in [0.2, 0.25) is 5.91 Å². The average molecular weight is 359 g/mol. The van der Waals surface area contributed by atoms with E-state index < -0.39 is 0 Å². The molecule has 144 valence electrons. The summed E-state index contributed by atoms with van der Waals surface area (Å²) < 4.78 is 2.39. The number of aromatic nitrogens is 2. The van der Waals surface area contributed by atoms with Crippen LogP contribution in [0.4, 0.5) is 0 Å². The van der Waals surface area contributed by atoms with Crippen LogP contribution < -0.4 is 5.32 Å². The number of piperidine rings is 1. The zero-order chi connectivity index (χ0) is 17.8. The van der Waals surface area contributed by atoms with Crippen molar-refractivity contribution in [2.24, 2.45) is 5.92 Å². The molecule has 4 rings (SSSR count). The second kappa shape index (κ2) is 8.55. The first kappa shape index (κ1) is 18.0. The summed E-state index contributed by atoms with van der Waals surface area (Å²) in [5.41, 5.74) is 0. The molecule has 2 heterocycles. The number of likely N-dealkylation sites (tertiary alicyclic amines) is 1. The molecule has 0 unspecified atom stereocenters. The van der Waals surface area contributed by atoms with E-state index in [2.05, 4.69) is 26.0 Å². The summed E-state index contributed by atoms with van der Waals surface area (Å²) in [4.78, 5) is 19.5. The van der Waals surface area contributed by atoms with Crippen LogP contribution in [0.25, 0.3) is 0 Å². The highest BCUT2D eigenvalue weighted by molar-refractivity contribution is 5.76. The fourth-order valence-corrected chi connectivity index (χ4v) is 4.69. The maximum atomic E-state index is 12.3. The van der Waals surface area contributed by atoms with Crippen molar-refractivity contribution in [3.63, 3.8) is 0 Å². The minimum atomic E-state index is 0.245. The minimum Gasteiger partial charge on any atom is -0.353 e. The second-order valence-electron chi connectivity index (χ2n) is 8.67. The van der Waals surface area contributed by atoms with Crippen molar-refractivity contribution >= 4 is 5.91 Å². The van der Waals surface area contributed by atoms with Gasteiger partial charge in [0.05, 0.1) is 0 Å². The first-order valence-corrected chi connectivity index (χ1v) is 10.8. The van der Waals surface area contributed by atoms with Gasteiger partial charge in [-0.3, -0.25) is 4.79 Å². The zero-order valence-corrected chi connectivity index (χ0v) is 16.0. The summed E-state index contributed by atoms with van der Waals surface area (Å²) in [6.45, 7) is 4.21. The van der Waals surface area contributed by atoms with Gasteiger partial charge in [0.25, 0.3) is 0 Å². The fourth-order valence-electron chi connectivity index (χ4n) is 4.69. The van der Waals surface area contributed by atoms with E-state index in [9.17, 15) is 4.79 Å². The van der Waals surface area contributed by atoms with Gasteiger partial charge in [0.15, 0.2) is 0 Å². The standard InChI is InChI=1S/C21H34N4O/c26-20(23-19-6-2-1-3-7-19)10-13-24-12-4-5-18(16-24)21-22-11-14-25(21)15-17-8-9-17/h11,14,17-19H,1-10,12-13,15-16H2,(H,23,26)/t18-/m1/s1. The SMILES string of the molecule is O=C(CCN1CCC[C@@H](c2nccn2CC2CC2)C1)NC1CCCCC1. The lowest BCUT2D eigenvalue weighted by atomic mass is 9.95. The molecule has 3 fully saturated rings. The Morgan fingerprint density at radius 3 is 2.77 bits per heavy atom. The van der Waals surface area contributed by atoms with Crippen molar-refractivity contribution in [1.82, 2.24) is 19.8 Å². The van der Waals surface area contributed by atoms with E-state index in [4.69, 9.17) is 0 Å². The monoisotopic (exact) mass is 358 g/mol. The molecule has 1 aliphatic heterocycles. The Bertz CT molecular complexity index is 589. The Morgan fingerprint density at radius 2 is 1.96 bits per heavy atom. The molecule has 0 aromatic carbocycles. The normalized spacial score (nSPS) is 25.3. The second-order valence-corrected chi connectivity index (χ2v) is 8.67. The van der Waals surface area contributed by atoms with Crippen LogP contribution in [0, 0.1) is 5.92 Å². The average Bonchev–Trinajstić information content (AvgIpc) is 3.36. The maximum Gasteiger partial charge on any atom is 0.221 e. The third-order valence-electron chi connectivity index (χ3n) is 6.40. The molecule has 1 N–H and O–H groups in total. The number of nitrogens with one attached hydrogen (secondary N) is 1. The van der Waals surface area contributed by atoms with E-state index >= 15 is 0 Å². The number of imidazole rings is 1. The number of carbonyl (C=O) groups is 1. The van der Waals surface area contributed by atoms with E-state index in [1.807, 2.05) is 6.20 Å². The van der Waals surface area contributed by atoms with E-state index in [-0.39, 0.29) is 5.91 Å². The number of amides is 1. The Morgan fingerprint density at radius 1 is 1.12 bits per heavy atom. The number of hydrogen-bond acceptors (Lipinski definition) is 3. The molecule has 26 heavy (non-hydrogen) atoms. The van der Waals surface area contributed by atoms with Crippen molar-refractivity contribution in [3.05, 3.63) is 18.2 Å². The van der Waals surface area contributed by atoms with Crippen LogP contribution in [0.5, 0.6) is 0 Å². The first-order chi connectivity index (χ1) is 12.8. The van der Waals surface area contributed by atoms with E-state index in [1.54, 1.807) is 0 Å². The summed E-state index contributed by atoms with van der Waals surface area (Å²) in [5, 5.41) is 3.25. The summed E-state index contributed by atoms with van der Waals surface area (Å²) in [7, 11) is 0. The van der Waals surface area contributed by atoms with Crippen LogP contribution in [-0.2, 0) is 11.3 Å². The van der Waals surface area contributed by atoms with Crippen LogP contribution >= 0.6 is 0 Å². The maximum absolute atomic E-state index is 12.3. The van der Waals surface area contributed by atoms with Crippen LogP contribution in [0.15, 0.2) is 12.4 Å². The lowest BCUT2D eigenvalue weighted by Crippen LogP contribution is -2.40. The van der Waals surface area contributed by atoms with Crippen molar-refractivity contribution < 1.29 is 4.79 Å². The van der Waals surface area contributed by atoms with Crippen LogP contribution in [0.3, 0.4) is 0 Å². The molecular weight excluding hydrogens is 324 g/mol. The van der Waals surface area contributed by atoms with E-state index in [0.29, 0.717) is 18.4 Å². The number of carbonyl (C=O) groups excluding carboxylic acids is 1. The summed E-state index contributed by atoms with van der Waals surface area (Å²) in [5.74, 6) is 2.92. The van der Waals surface area contributed by atoms with Crippen molar-refractivity contribution in [3.8, 4) is 0 Å². The van der Waals surface area contributed by atoms with Gasteiger partial charge in [0.1, 0.15) is 5.82 Å². The van der Waals surface area contributed by atoms with Crippen molar-refractivity contribution in [2.45, 2.75) is 82.7 Å². The molecule has 1 atom stereocenters. The Kier molecular flexibility index (Phi) is 5.93. The molecule has 0 radical (unpaired) electrons. The molecule has 5 nitrogen and oxygen atoms in total. The molecule has 2 aliphatic carbocycles. The van der Waals surface area contributed by atoms with Gasteiger partial charge in [0, 0.05) is 50.4 Å². The lowest BCUT2D eigenvalue weighted by Gasteiger charge is -2.32. The molecular formula is C21H34N4O. The predicted octanol–water partition coefficient (Wildman–Crippen LogP) is 3.31. The largest absolute Gasteiger partial charge is 0.353 e. The zero-order valence-electron chi connectivity index (χ0n) is 16.0. The van der Waals surface area contributed by atoms with Gasteiger partial charge in [-0.25, -0.2) is 4.98 Å². The molecule has 1 aromatic heterocycles. The topological polar surface area (TPSA) is 50.2 Å². The Balaban J connectivity index is 1.24. The molecule has 0 spiro atoms. The van der Waals surface area contributed by atoms with Gasteiger partial charge in [-0.2, -0.15) is 0 Å².